The molecule has 1 aromatic heterocycles. The van der Waals surface area contributed by atoms with Gasteiger partial charge in [0.2, 0.25) is 0 Å². The summed E-state index contributed by atoms with van der Waals surface area (Å²) in [4.78, 5) is 25.7. The number of hydrogen-bond acceptors (Lipinski definition) is 5. The van der Waals surface area contributed by atoms with Crippen LogP contribution in [0.2, 0.25) is 0 Å². The minimum atomic E-state index is -0.992. The first-order valence-corrected chi connectivity index (χ1v) is 6.02. The van der Waals surface area contributed by atoms with Gasteiger partial charge in [-0.25, -0.2) is 9.59 Å². The normalized spacial score (nSPS) is 23.2. The van der Waals surface area contributed by atoms with E-state index in [1.54, 1.807) is 7.05 Å². The molecule has 9 heteroatoms. The second-order valence-corrected chi connectivity index (χ2v) is 4.71. The SMILES string of the molecule is CC1CCN(C(=O)Nc2nnn(C)n2)C(C(=O)O)C1. The van der Waals surface area contributed by atoms with Crippen molar-refractivity contribution in [2.75, 3.05) is 11.9 Å². The molecule has 0 radical (unpaired) electrons. The molecule has 0 aromatic carbocycles. The summed E-state index contributed by atoms with van der Waals surface area (Å²) in [5.41, 5.74) is 0. The molecular formula is C10H16N6O3. The number of carbonyl (C=O) groups excluding carboxylic acids is 1. The lowest BCUT2D eigenvalue weighted by Crippen LogP contribution is -2.51. The van der Waals surface area contributed by atoms with E-state index < -0.39 is 18.0 Å². The van der Waals surface area contributed by atoms with Crippen LogP contribution in [0.25, 0.3) is 0 Å². The Balaban J connectivity index is 2.06. The number of nitrogens with zero attached hydrogens (tertiary/aromatic N) is 5. The molecule has 2 N–H and O–H groups in total. The third-order valence-electron chi connectivity index (χ3n) is 3.14. The van der Waals surface area contributed by atoms with Crippen LogP contribution in [0.1, 0.15) is 19.8 Å². The van der Waals surface area contributed by atoms with Crippen LogP contribution in [-0.2, 0) is 11.8 Å². The van der Waals surface area contributed by atoms with Crippen LogP contribution in [0.4, 0.5) is 10.7 Å². The number of anilines is 1. The van der Waals surface area contributed by atoms with Gasteiger partial charge in [0.15, 0.2) is 0 Å². The lowest BCUT2D eigenvalue weighted by atomic mass is 9.93. The number of likely N-dealkylation sites (tertiary alicyclic amines) is 1. The zero-order valence-corrected chi connectivity index (χ0v) is 10.8. The van der Waals surface area contributed by atoms with Crippen molar-refractivity contribution in [3.05, 3.63) is 0 Å². The highest BCUT2D eigenvalue weighted by Gasteiger charge is 2.35. The molecule has 1 aliphatic rings. The van der Waals surface area contributed by atoms with Gasteiger partial charge in [0.25, 0.3) is 5.95 Å². The largest absolute Gasteiger partial charge is 0.480 e. The van der Waals surface area contributed by atoms with Crippen LogP contribution in [-0.4, -0.2) is 54.8 Å². The maximum absolute atomic E-state index is 12.0. The predicted octanol–water partition coefficient (Wildman–Crippen LogP) is -0.0729. The van der Waals surface area contributed by atoms with Crippen LogP contribution < -0.4 is 5.32 Å². The fraction of sp³-hybridized carbons (Fsp3) is 0.700. The first kappa shape index (κ1) is 13.2. The van der Waals surface area contributed by atoms with Crippen molar-refractivity contribution in [2.45, 2.75) is 25.8 Å². The number of aliphatic carboxylic acids is 1. The number of carboxylic acids is 1. The highest BCUT2D eigenvalue weighted by molar-refractivity contribution is 5.91. The summed E-state index contributed by atoms with van der Waals surface area (Å²) in [6.07, 6.45) is 1.24. The number of aryl methyl sites for hydroxylation is 1. The Labute approximate surface area is 109 Å². The van der Waals surface area contributed by atoms with E-state index in [2.05, 4.69) is 20.7 Å². The van der Waals surface area contributed by atoms with Gasteiger partial charge in [-0.15, -0.1) is 5.10 Å². The molecule has 2 heterocycles. The van der Waals surface area contributed by atoms with Crippen molar-refractivity contribution in [1.29, 1.82) is 0 Å². The summed E-state index contributed by atoms with van der Waals surface area (Å²) >= 11 is 0. The molecule has 104 valence electrons. The summed E-state index contributed by atoms with van der Waals surface area (Å²) in [6.45, 7) is 2.39. The van der Waals surface area contributed by atoms with Gasteiger partial charge in [0, 0.05) is 6.54 Å². The lowest BCUT2D eigenvalue weighted by Gasteiger charge is -2.35. The molecule has 1 aromatic rings. The van der Waals surface area contributed by atoms with E-state index >= 15 is 0 Å². The van der Waals surface area contributed by atoms with Gasteiger partial charge in [-0.1, -0.05) is 12.0 Å². The minimum Gasteiger partial charge on any atom is -0.480 e. The molecule has 0 aliphatic carbocycles. The van der Waals surface area contributed by atoms with Crippen LogP contribution in [0.5, 0.6) is 0 Å². The van der Waals surface area contributed by atoms with E-state index in [9.17, 15) is 14.7 Å². The number of aromatic nitrogens is 4. The topological polar surface area (TPSA) is 113 Å². The standard InChI is InChI=1S/C10H16N6O3/c1-6-3-4-16(7(5-6)8(17)18)10(19)11-9-12-14-15(2)13-9/h6-7H,3-5H2,1-2H3,(H,17,18)(H,11,13,19). The second kappa shape index (κ2) is 5.21. The van der Waals surface area contributed by atoms with Gasteiger partial charge < -0.3 is 10.0 Å². The maximum Gasteiger partial charge on any atom is 0.326 e. The fourth-order valence-corrected chi connectivity index (χ4v) is 2.12. The zero-order chi connectivity index (χ0) is 14.0. The van der Waals surface area contributed by atoms with Crippen LogP contribution in [0.15, 0.2) is 0 Å². The molecule has 19 heavy (non-hydrogen) atoms. The molecule has 9 nitrogen and oxygen atoms in total. The Kier molecular flexibility index (Phi) is 3.63. The Morgan fingerprint density at radius 2 is 2.21 bits per heavy atom. The fourth-order valence-electron chi connectivity index (χ4n) is 2.12. The number of hydrogen-bond donors (Lipinski definition) is 2. The van der Waals surface area contributed by atoms with E-state index in [1.807, 2.05) is 6.92 Å². The van der Waals surface area contributed by atoms with Gasteiger partial charge in [0.1, 0.15) is 6.04 Å². The van der Waals surface area contributed by atoms with Crippen molar-refractivity contribution in [2.24, 2.45) is 13.0 Å². The van der Waals surface area contributed by atoms with Crippen molar-refractivity contribution in [3.8, 4) is 0 Å². The number of carbonyl (C=O) groups is 2. The molecule has 1 fully saturated rings. The molecule has 2 amide bonds. The van der Waals surface area contributed by atoms with E-state index in [0.717, 1.165) is 6.42 Å². The van der Waals surface area contributed by atoms with Crippen LogP contribution in [0, 0.1) is 5.92 Å². The Morgan fingerprint density at radius 3 is 2.79 bits per heavy atom. The van der Waals surface area contributed by atoms with Gasteiger partial charge in [-0.2, -0.15) is 4.80 Å². The first-order valence-electron chi connectivity index (χ1n) is 6.02. The lowest BCUT2D eigenvalue weighted by molar-refractivity contribution is -0.143. The molecule has 0 spiro atoms. The van der Waals surface area contributed by atoms with Gasteiger partial charge in [0.05, 0.1) is 7.05 Å². The third-order valence-corrected chi connectivity index (χ3v) is 3.14. The number of amides is 2. The molecule has 2 unspecified atom stereocenters. The number of carboxylic acid groups (broad SMARTS) is 1. The van der Waals surface area contributed by atoms with Crippen molar-refractivity contribution in [1.82, 2.24) is 25.1 Å². The number of tetrazole rings is 1. The van der Waals surface area contributed by atoms with E-state index in [4.69, 9.17) is 0 Å². The highest BCUT2D eigenvalue weighted by Crippen LogP contribution is 2.23. The number of urea groups is 1. The summed E-state index contributed by atoms with van der Waals surface area (Å²) in [5, 5.41) is 22.7. The van der Waals surface area contributed by atoms with Crippen molar-refractivity contribution < 1.29 is 14.7 Å². The van der Waals surface area contributed by atoms with Crippen LogP contribution in [0.3, 0.4) is 0 Å². The maximum atomic E-state index is 12.0. The third kappa shape index (κ3) is 2.98. The average Bonchev–Trinajstić information content (AvgIpc) is 2.74. The van der Waals surface area contributed by atoms with Gasteiger partial charge >= 0.3 is 12.0 Å². The summed E-state index contributed by atoms with van der Waals surface area (Å²) < 4.78 is 0. The van der Waals surface area contributed by atoms with E-state index in [1.165, 1.54) is 9.70 Å². The van der Waals surface area contributed by atoms with Gasteiger partial charge in [-0.05, 0) is 24.0 Å². The van der Waals surface area contributed by atoms with Crippen molar-refractivity contribution >= 4 is 17.9 Å². The molecule has 2 atom stereocenters. The molecule has 2 rings (SSSR count). The molecular weight excluding hydrogens is 252 g/mol. The Hall–Kier alpha value is -2.19. The zero-order valence-electron chi connectivity index (χ0n) is 10.8. The van der Waals surface area contributed by atoms with Gasteiger partial charge in [-0.3, -0.25) is 5.32 Å². The van der Waals surface area contributed by atoms with E-state index in [-0.39, 0.29) is 5.95 Å². The summed E-state index contributed by atoms with van der Waals surface area (Å²) in [5.74, 6) is -0.635. The second-order valence-electron chi connectivity index (χ2n) is 4.71. The van der Waals surface area contributed by atoms with Crippen LogP contribution >= 0.6 is 0 Å². The Morgan fingerprint density at radius 1 is 1.47 bits per heavy atom. The highest BCUT2D eigenvalue weighted by atomic mass is 16.4. The molecule has 1 aliphatic heterocycles. The predicted molar refractivity (Wildman–Crippen MR) is 64.3 cm³/mol. The van der Waals surface area contributed by atoms with E-state index in [0.29, 0.717) is 18.9 Å². The number of rotatable bonds is 2. The Bertz CT molecular complexity index is 487. The average molecular weight is 268 g/mol. The number of piperidine rings is 1. The quantitative estimate of drug-likeness (QED) is 0.776. The summed E-state index contributed by atoms with van der Waals surface area (Å²) in [7, 11) is 1.57. The smallest absolute Gasteiger partial charge is 0.326 e. The monoisotopic (exact) mass is 268 g/mol. The molecule has 0 saturated carbocycles. The number of nitrogens with one attached hydrogen (secondary N) is 1. The minimum absolute atomic E-state index is 0.0651. The molecule has 1 saturated heterocycles. The molecule has 0 bridgehead atoms. The summed E-state index contributed by atoms with van der Waals surface area (Å²) in [6, 6.07) is -1.31. The first-order chi connectivity index (χ1) is 8.97. The van der Waals surface area contributed by atoms with Crippen molar-refractivity contribution in [3.63, 3.8) is 0 Å².